The minimum Gasteiger partial charge on any atom is -0.457 e. The molecular formula is C21H32O2. The molecule has 2 heteroatoms. The van der Waals surface area contributed by atoms with Crippen LogP contribution in [0.1, 0.15) is 83.3 Å². The third-order valence-electron chi connectivity index (χ3n) is 5.20. The van der Waals surface area contributed by atoms with Gasteiger partial charge in [-0.05, 0) is 43.6 Å². The fraction of sp³-hybridized carbons (Fsp3) is 0.667. The molecule has 0 heterocycles. The van der Waals surface area contributed by atoms with E-state index in [0.717, 1.165) is 30.7 Å². The summed E-state index contributed by atoms with van der Waals surface area (Å²) in [6.07, 6.45) is 10.5. The van der Waals surface area contributed by atoms with Crippen LogP contribution in [0.4, 0.5) is 0 Å². The van der Waals surface area contributed by atoms with Crippen LogP contribution in [0, 0.1) is 11.8 Å². The second-order valence-electron chi connectivity index (χ2n) is 6.96. The maximum absolute atomic E-state index is 12.5. The quantitative estimate of drug-likeness (QED) is 0.430. The van der Waals surface area contributed by atoms with Crippen LogP contribution < -0.4 is 0 Å². The van der Waals surface area contributed by atoms with Crippen LogP contribution in [0.25, 0.3) is 0 Å². The van der Waals surface area contributed by atoms with Crippen molar-refractivity contribution in [2.45, 2.75) is 77.7 Å². The highest BCUT2D eigenvalue weighted by atomic mass is 16.5. The van der Waals surface area contributed by atoms with Crippen molar-refractivity contribution in [3.8, 4) is 0 Å². The SMILES string of the molecule is CCCCCC1CCC(C(=O)OC(CC)c2ccccc2)CC1. The highest BCUT2D eigenvalue weighted by molar-refractivity contribution is 5.72. The standard InChI is InChI=1S/C21H32O2/c1-3-5-7-10-17-13-15-19(16-14-17)21(22)23-20(4-2)18-11-8-6-9-12-18/h6,8-9,11-12,17,19-20H,3-5,7,10,13-16H2,1-2H3. The van der Waals surface area contributed by atoms with Crippen molar-refractivity contribution in [3.05, 3.63) is 35.9 Å². The summed E-state index contributed by atoms with van der Waals surface area (Å²) in [6, 6.07) is 10.1. The van der Waals surface area contributed by atoms with E-state index in [1.54, 1.807) is 0 Å². The van der Waals surface area contributed by atoms with Crippen LogP contribution >= 0.6 is 0 Å². The van der Waals surface area contributed by atoms with Gasteiger partial charge in [0.1, 0.15) is 6.10 Å². The number of benzene rings is 1. The van der Waals surface area contributed by atoms with Gasteiger partial charge >= 0.3 is 5.97 Å². The van der Waals surface area contributed by atoms with Gasteiger partial charge < -0.3 is 4.74 Å². The van der Waals surface area contributed by atoms with Crippen LogP contribution in [0.2, 0.25) is 0 Å². The monoisotopic (exact) mass is 316 g/mol. The second kappa shape index (κ2) is 9.75. The third-order valence-corrected chi connectivity index (χ3v) is 5.20. The summed E-state index contributed by atoms with van der Waals surface area (Å²) < 4.78 is 5.82. The molecule has 0 N–H and O–H groups in total. The van der Waals surface area contributed by atoms with E-state index in [4.69, 9.17) is 4.74 Å². The lowest BCUT2D eigenvalue weighted by Crippen LogP contribution is -2.25. The largest absolute Gasteiger partial charge is 0.457 e. The summed E-state index contributed by atoms with van der Waals surface area (Å²) in [5, 5.41) is 0. The number of ether oxygens (including phenoxy) is 1. The maximum atomic E-state index is 12.5. The molecule has 2 rings (SSSR count). The molecule has 1 aliphatic carbocycles. The third kappa shape index (κ3) is 5.67. The fourth-order valence-corrected chi connectivity index (χ4v) is 3.66. The molecule has 0 radical (unpaired) electrons. The van der Waals surface area contributed by atoms with Gasteiger partial charge in [-0.15, -0.1) is 0 Å². The Bertz CT molecular complexity index is 446. The average Bonchev–Trinajstić information content (AvgIpc) is 2.61. The Hall–Kier alpha value is -1.31. The molecule has 1 aromatic rings. The fourth-order valence-electron chi connectivity index (χ4n) is 3.66. The Kier molecular flexibility index (Phi) is 7.64. The van der Waals surface area contributed by atoms with E-state index < -0.39 is 0 Å². The zero-order valence-electron chi connectivity index (χ0n) is 14.8. The van der Waals surface area contributed by atoms with Crippen molar-refractivity contribution < 1.29 is 9.53 Å². The first kappa shape index (κ1) is 18.0. The molecule has 1 atom stereocenters. The topological polar surface area (TPSA) is 26.3 Å². The summed E-state index contributed by atoms with van der Waals surface area (Å²) >= 11 is 0. The molecule has 2 nitrogen and oxygen atoms in total. The summed E-state index contributed by atoms with van der Waals surface area (Å²) in [6.45, 7) is 4.33. The molecule has 1 fully saturated rings. The van der Waals surface area contributed by atoms with Crippen LogP contribution in [0.5, 0.6) is 0 Å². The highest BCUT2D eigenvalue weighted by Crippen LogP contribution is 2.34. The Morgan fingerprint density at radius 1 is 1.09 bits per heavy atom. The van der Waals surface area contributed by atoms with Gasteiger partial charge in [0, 0.05) is 0 Å². The Labute approximate surface area is 141 Å². The summed E-state index contributed by atoms with van der Waals surface area (Å²) in [5.41, 5.74) is 1.11. The van der Waals surface area contributed by atoms with E-state index >= 15 is 0 Å². The Morgan fingerprint density at radius 2 is 1.78 bits per heavy atom. The summed E-state index contributed by atoms with van der Waals surface area (Å²) in [7, 11) is 0. The molecule has 1 aromatic carbocycles. The maximum Gasteiger partial charge on any atom is 0.309 e. The predicted octanol–water partition coefficient (Wildman–Crippen LogP) is 6.07. The summed E-state index contributed by atoms with van der Waals surface area (Å²) in [4.78, 5) is 12.5. The van der Waals surface area contributed by atoms with Crippen molar-refractivity contribution in [2.24, 2.45) is 11.8 Å². The number of hydrogen-bond acceptors (Lipinski definition) is 2. The lowest BCUT2D eigenvalue weighted by Gasteiger charge is -2.28. The van der Waals surface area contributed by atoms with Gasteiger partial charge in [0.15, 0.2) is 0 Å². The molecule has 0 aromatic heterocycles. The highest BCUT2D eigenvalue weighted by Gasteiger charge is 2.28. The molecule has 0 spiro atoms. The van der Waals surface area contributed by atoms with Crippen molar-refractivity contribution in [2.75, 3.05) is 0 Å². The Morgan fingerprint density at radius 3 is 2.39 bits per heavy atom. The van der Waals surface area contributed by atoms with Crippen LogP contribution in [0.3, 0.4) is 0 Å². The first-order valence-corrected chi connectivity index (χ1v) is 9.50. The van der Waals surface area contributed by atoms with Crippen molar-refractivity contribution in [1.29, 1.82) is 0 Å². The van der Waals surface area contributed by atoms with E-state index in [1.165, 1.54) is 38.5 Å². The molecular weight excluding hydrogens is 284 g/mol. The van der Waals surface area contributed by atoms with E-state index in [1.807, 2.05) is 30.3 Å². The van der Waals surface area contributed by atoms with Crippen molar-refractivity contribution >= 4 is 5.97 Å². The number of rotatable bonds is 8. The number of hydrogen-bond donors (Lipinski definition) is 0. The number of carbonyl (C=O) groups is 1. The zero-order chi connectivity index (χ0) is 16.5. The van der Waals surface area contributed by atoms with Gasteiger partial charge in [0.2, 0.25) is 0 Å². The second-order valence-corrected chi connectivity index (χ2v) is 6.96. The van der Waals surface area contributed by atoms with Crippen LogP contribution in [-0.4, -0.2) is 5.97 Å². The van der Waals surface area contributed by atoms with Gasteiger partial charge in [0.05, 0.1) is 5.92 Å². The van der Waals surface area contributed by atoms with E-state index in [2.05, 4.69) is 13.8 Å². The van der Waals surface area contributed by atoms with Gasteiger partial charge in [-0.1, -0.05) is 69.9 Å². The Balaban J connectivity index is 1.78. The lowest BCUT2D eigenvalue weighted by molar-refractivity contribution is -0.156. The molecule has 0 bridgehead atoms. The summed E-state index contributed by atoms with van der Waals surface area (Å²) in [5.74, 6) is 0.976. The van der Waals surface area contributed by atoms with Crippen molar-refractivity contribution in [3.63, 3.8) is 0 Å². The van der Waals surface area contributed by atoms with Crippen LogP contribution in [-0.2, 0) is 9.53 Å². The van der Waals surface area contributed by atoms with Gasteiger partial charge in [-0.25, -0.2) is 0 Å². The van der Waals surface area contributed by atoms with Crippen LogP contribution in [0.15, 0.2) is 30.3 Å². The molecule has 0 saturated heterocycles. The number of carbonyl (C=O) groups excluding carboxylic acids is 1. The van der Waals surface area contributed by atoms with E-state index in [-0.39, 0.29) is 18.0 Å². The predicted molar refractivity (Wildman–Crippen MR) is 95.2 cm³/mol. The van der Waals surface area contributed by atoms with E-state index in [0.29, 0.717) is 0 Å². The lowest BCUT2D eigenvalue weighted by atomic mass is 9.80. The smallest absolute Gasteiger partial charge is 0.309 e. The molecule has 1 saturated carbocycles. The first-order valence-electron chi connectivity index (χ1n) is 9.50. The molecule has 1 aliphatic rings. The molecule has 23 heavy (non-hydrogen) atoms. The van der Waals surface area contributed by atoms with Crippen molar-refractivity contribution in [1.82, 2.24) is 0 Å². The molecule has 1 unspecified atom stereocenters. The normalized spacial score (nSPS) is 22.5. The average molecular weight is 316 g/mol. The van der Waals surface area contributed by atoms with Gasteiger partial charge in [0.25, 0.3) is 0 Å². The van der Waals surface area contributed by atoms with E-state index in [9.17, 15) is 4.79 Å². The minimum atomic E-state index is -0.0917. The number of esters is 1. The number of unbranched alkanes of at least 4 members (excludes halogenated alkanes) is 2. The molecule has 128 valence electrons. The minimum absolute atomic E-state index is 0.0210. The zero-order valence-corrected chi connectivity index (χ0v) is 14.8. The molecule has 0 amide bonds. The van der Waals surface area contributed by atoms with Gasteiger partial charge in [-0.2, -0.15) is 0 Å². The first-order chi connectivity index (χ1) is 11.2. The van der Waals surface area contributed by atoms with Gasteiger partial charge in [-0.3, -0.25) is 4.79 Å². The molecule has 0 aliphatic heterocycles.